The highest BCUT2D eigenvalue weighted by molar-refractivity contribution is 7.92. The molecule has 5 rings (SSSR count). The number of alkyl halides is 4. The molecule has 3 atom stereocenters. The number of benzene rings is 1. The van der Waals surface area contributed by atoms with Gasteiger partial charge in [-0.2, -0.15) is 13.2 Å². The van der Waals surface area contributed by atoms with E-state index in [9.17, 15) is 45.1 Å². The number of rotatable bonds is 5. The van der Waals surface area contributed by atoms with E-state index < -0.39 is 61.8 Å². The van der Waals surface area contributed by atoms with E-state index in [0.717, 1.165) is 24.4 Å². The topological polar surface area (TPSA) is 105 Å². The molecule has 0 spiro atoms. The van der Waals surface area contributed by atoms with Crippen molar-refractivity contribution in [1.29, 1.82) is 0 Å². The van der Waals surface area contributed by atoms with Crippen molar-refractivity contribution in [3.05, 3.63) is 59.2 Å². The van der Waals surface area contributed by atoms with Gasteiger partial charge in [0.1, 0.15) is 10.6 Å². The third-order valence-corrected chi connectivity index (χ3v) is 11.6. The number of carboxylic acid groups (broad SMARTS) is 1. The SMILES string of the molecule is CC(F)(c1cc2c(cn1)C1(S(=O)(=O)c3cccc(F)c3)CCN(C(=O)C3CCC(C(=O)O)CC3)C1CC2)C(F)(F)F. The largest absolute Gasteiger partial charge is 0.481 e. The molecule has 1 aliphatic heterocycles. The van der Waals surface area contributed by atoms with Gasteiger partial charge in [0.15, 0.2) is 9.84 Å². The number of hydrogen-bond acceptors (Lipinski definition) is 5. The van der Waals surface area contributed by atoms with Gasteiger partial charge >= 0.3 is 12.1 Å². The Hall–Kier alpha value is -3.09. The van der Waals surface area contributed by atoms with Crippen molar-refractivity contribution in [2.24, 2.45) is 11.8 Å². The maximum Gasteiger partial charge on any atom is 0.428 e. The van der Waals surface area contributed by atoms with E-state index in [1.807, 2.05) is 0 Å². The standard InChI is InChI=1S/C28H29F5N2O5S/c1-26(30,28(31,32)33)22-13-18-9-10-23-27(21(18)15-34-22,41(39,40)20-4-2-3-19(29)14-20)11-12-35(23)24(36)16-5-7-17(8-6-16)25(37)38/h2-4,13-17,23H,5-12H2,1H3,(H,37,38). The van der Waals surface area contributed by atoms with E-state index in [1.165, 1.54) is 17.0 Å². The summed E-state index contributed by atoms with van der Waals surface area (Å²) in [6, 6.07) is 4.40. The summed E-state index contributed by atoms with van der Waals surface area (Å²) < 4.78 is 96.2. The maximum atomic E-state index is 14.8. The molecule has 1 N–H and O–H groups in total. The van der Waals surface area contributed by atoms with Crippen LogP contribution < -0.4 is 0 Å². The highest BCUT2D eigenvalue weighted by Gasteiger charge is 2.62. The number of aryl methyl sites for hydroxylation is 1. The molecule has 2 heterocycles. The molecule has 3 unspecified atom stereocenters. The molecule has 0 radical (unpaired) electrons. The average Bonchev–Trinajstić information content (AvgIpc) is 3.33. The number of carbonyl (C=O) groups is 2. The molecular weight excluding hydrogens is 571 g/mol. The zero-order valence-electron chi connectivity index (χ0n) is 22.1. The Morgan fingerprint density at radius 3 is 2.32 bits per heavy atom. The van der Waals surface area contributed by atoms with Gasteiger partial charge in [-0.1, -0.05) is 6.07 Å². The van der Waals surface area contributed by atoms with Crippen LogP contribution in [0.1, 0.15) is 62.3 Å². The Bertz CT molecular complexity index is 1490. The Labute approximate surface area is 233 Å². The van der Waals surface area contributed by atoms with E-state index in [1.54, 1.807) is 0 Å². The first kappa shape index (κ1) is 29.4. The number of likely N-dealkylation sites (tertiary alicyclic amines) is 1. The summed E-state index contributed by atoms with van der Waals surface area (Å²) in [4.78, 5) is 30.0. The van der Waals surface area contributed by atoms with Gasteiger partial charge < -0.3 is 10.0 Å². The lowest BCUT2D eigenvalue weighted by Gasteiger charge is -2.43. The Morgan fingerprint density at radius 2 is 1.71 bits per heavy atom. The first-order valence-corrected chi connectivity index (χ1v) is 14.9. The van der Waals surface area contributed by atoms with Gasteiger partial charge in [-0.15, -0.1) is 0 Å². The van der Waals surface area contributed by atoms with Gasteiger partial charge in [0.25, 0.3) is 0 Å². The normalized spacial score (nSPS) is 28.0. The Balaban J connectivity index is 1.59. The lowest BCUT2D eigenvalue weighted by Crippen LogP contribution is -2.53. The van der Waals surface area contributed by atoms with Crippen LogP contribution in [0.15, 0.2) is 41.4 Å². The predicted molar refractivity (Wildman–Crippen MR) is 136 cm³/mol. The molecule has 0 bridgehead atoms. The van der Waals surface area contributed by atoms with Crippen LogP contribution >= 0.6 is 0 Å². The van der Waals surface area contributed by atoms with Gasteiger partial charge in [0, 0.05) is 18.7 Å². The fraction of sp³-hybridized carbons (Fsp3) is 0.536. The van der Waals surface area contributed by atoms with Crippen LogP contribution in [0, 0.1) is 17.7 Å². The van der Waals surface area contributed by atoms with E-state index >= 15 is 0 Å². The molecule has 2 aliphatic carbocycles. The summed E-state index contributed by atoms with van der Waals surface area (Å²) in [6.07, 6.45) is -2.99. The summed E-state index contributed by atoms with van der Waals surface area (Å²) in [7, 11) is -4.46. The van der Waals surface area contributed by atoms with Gasteiger partial charge in [0.2, 0.25) is 11.6 Å². The average molecular weight is 601 g/mol. The van der Waals surface area contributed by atoms with Crippen LogP contribution in [0.3, 0.4) is 0 Å². The van der Waals surface area contributed by atoms with Crippen molar-refractivity contribution >= 4 is 21.7 Å². The lowest BCUT2D eigenvalue weighted by molar-refractivity contribution is -0.230. The minimum Gasteiger partial charge on any atom is -0.481 e. The van der Waals surface area contributed by atoms with Crippen LogP contribution in [0.4, 0.5) is 22.0 Å². The third kappa shape index (κ3) is 4.60. The molecule has 3 aliphatic rings. The molecular formula is C28H29F5N2O5S. The highest BCUT2D eigenvalue weighted by atomic mass is 32.2. The maximum absolute atomic E-state index is 14.8. The first-order chi connectivity index (χ1) is 19.1. The molecule has 41 heavy (non-hydrogen) atoms. The molecule has 2 aromatic rings. The van der Waals surface area contributed by atoms with Gasteiger partial charge in [0.05, 0.1) is 22.5 Å². The van der Waals surface area contributed by atoms with E-state index in [2.05, 4.69) is 4.98 Å². The van der Waals surface area contributed by atoms with E-state index in [4.69, 9.17) is 0 Å². The third-order valence-electron chi connectivity index (χ3n) is 9.08. The molecule has 7 nitrogen and oxygen atoms in total. The Kier molecular flexibility index (Phi) is 7.19. The number of hydrogen-bond donors (Lipinski definition) is 1. The summed E-state index contributed by atoms with van der Waals surface area (Å²) in [5, 5.41) is 9.31. The number of aromatic nitrogens is 1. The van der Waals surface area contributed by atoms with Crippen LogP contribution in [-0.2, 0) is 36.3 Å². The molecule has 1 aromatic carbocycles. The number of halogens is 5. The summed E-state index contributed by atoms with van der Waals surface area (Å²) in [5.41, 5.74) is -4.43. The van der Waals surface area contributed by atoms with Crippen molar-refractivity contribution in [3.8, 4) is 0 Å². The van der Waals surface area contributed by atoms with Crippen molar-refractivity contribution in [2.75, 3.05) is 6.54 Å². The molecule has 1 saturated carbocycles. The monoisotopic (exact) mass is 600 g/mol. The van der Waals surface area contributed by atoms with Gasteiger partial charge in [-0.25, -0.2) is 17.2 Å². The quantitative estimate of drug-likeness (QED) is 0.481. The first-order valence-electron chi connectivity index (χ1n) is 13.4. The van der Waals surface area contributed by atoms with Crippen molar-refractivity contribution < 1.29 is 45.1 Å². The van der Waals surface area contributed by atoms with Crippen molar-refractivity contribution in [3.63, 3.8) is 0 Å². The number of sulfone groups is 1. The number of carboxylic acids is 1. The predicted octanol–water partition coefficient (Wildman–Crippen LogP) is 5.08. The van der Waals surface area contributed by atoms with Crippen molar-refractivity contribution in [1.82, 2.24) is 9.88 Å². The smallest absolute Gasteiger partial charge is 0.428 e. The molecule has 13 heteroatoms. The van der Waals surface area contributed by atoms with Crippen LogP contribution in [-0.4, -0.2) is 54.0 Å². The zero-order chi connectivity index (χ0) is 30.0. The molecule has 1 amide bonds. The second-order valence-electron chi connectivity index (χ2n) is 11.3. The van der Waals surface area contributed by atoms with E-state index in [0.29, 0.717) is 32.6 Å². The lowest BCUT2D eigenvalue weighted by atomic mass is 9.78. The summed E-state index contributed by atoms with van der Waals surface area (Å²) in [5.74, 6) is -3.09. The number of amides is 1. The number of aliphatic carboxylic acids is 1. The van der Waals surface area contributed by atoms with Crippen molar-refractivity contribution in [2.45, 2.75) is 79.4 Å². The number of pyridine rings is 1. The Morgan fingerprint density at radius 1 is 1.05 bits per heavy atom. The summed E-state index contributed by atoms with van der Waals surface area (Å²) in [6.45, 7) is 0.364. The fourth-order valence-electron chi connectivity index (χ4n) is 6.73. The number of nitrogens with zero attached hydrogens (tertiary/aromatic N) is 2. The van der Waals surface area contributed by atoms with Gasteiger partial charge in [-0.05, 0) is 87.3 Å². The summed E-state index contributed by atoms with van der Waals surface area (Å²) >= 11 is 0. The number of carbonyl (C=O) groups excluding carboxylic acids is 1. The van der Waals surface area contributed by atoms with Crippen LogP contribution in [0.25, 0.3) is 0 Å². The molecule has 2 fully saturated rings. The number of fused-ring (bicyclic) bond motifs is 3. The van der Waals surface area contributed by atoms with Crippen LogP contribution in [0.5, 0.6) is 0 Å². The highest BCUT2D eigenvalue weighted by Crippen LogP contribution is 2.54. The molecule has 1 aromatic heterocycles. The van der Waals surface area contributed by atoms with Gasteiger partial charge in [-0.3, -0.25) is 14.6 Å². The molecule has 222 valence electrons. The molecule has 1 saturated heterocycles. The second kappa shape index (κ2) is 10.0. The van der Waals surface area contributed by atoms with E-state index in [-0.39, 0.29) is 47.7 Å². The van der Waals surface area contributed by atoms with Crippen LogP contribution in [0.2, 0.25) is 0 Å². The second-order valence-corrected chi connectivity index (χ2v) is 13.5. The zero-order valence-corrected chi connectivity index (χ0v) is 22.9. The minimum absolute atomic E-state index is 0.0154. The minimum atomic E-state index is -5.26. The fourth-order valence-corrected chi connectivity index (χ4v) is 9.11.